The van der Waals surface area contributed by atoms with Crippen molar-refractivity contribution in [3.05, 3.63) is 76.5 Å². The fourth-order valence-corrected chi connectivity index (χ4v) is 4.85. The molecule has 0 spiro atoms. The Hall–Kier alpha value is -4.19. The second kappa shape index (κ2) is 9.93. The van der Waals surface area contributed by atoms with Crippen LogP contribution in [0.5, 0.6) is 0 Å². The lowest BCUT2D eigenvalue weighted by molar-refractivity contribution is -0.142. The smallest absolute Gasteiger partial charge is 0.431 e. The van der Waals surface area contributed by atoms with Crippen molar-refractivity contribution in [1.82, 2.24) is 34.7 Å². The molecular formula is C25H21ClF3N7O2. The number of nitrogens with one attached hydrogen (secondary N) is 1. The highest BCUT2D eigenvalue weighted by atomic mass is 35.5. The second-order valence-electron chi connectivity index (χ2n) is 8.63. The molecule has 0 saturated carbocycles. The third-order valence-corrected chi connectivity index (χ3v) is 6.51. The average molecular weight is 544 g/mol. The molecule has 2 aromatic carbocycles. The van der Waals surface area contributed by atoms with Gasteiger partial charge in [-0.05, 0) is 41.5 Å². The van der Waals surface area contributed by atoms with Crippen LogP contribution in [0.15, 0.2) is 48.5 Å². The number of halogens is 4. The number of aryl methyl sites for hydroxylation is 1. The van der Waals surface area contributed by atoms with Gasteiger partial charge in [0.1, 0.15) is 11.5 Å². The number of unbranched alkanes of at least 4 members (excludes halogenated alkanes) is 1. The Labute approximate surface area is 218 Å². The van der Waals surface area contributed by atoms with Crippen LogP contribution in [-0.4, -0.2) is 45.8 Å². The molecule has 0 unspecified atom stereocenters. The Morgan fingerprint density at radius 3 is 2.63 bits per heavy atom. The van der Waals surface area contributed by atoms with Gasteiger partial charge < -0.3 is 14.2 Å². The normalized spacial score (nSPS) is 11.9. The van der Waals surface area contributed by atoms with Crippen LogP contribution in [0.4, 0.5) is 13.2 Å². The van der Waals surface area contributed by atoms with E-state index in [0.717, 1.165) is 23.5 Å². The molecule has 2 N–H and O–H groups in total. The van der Waals surface area contributed by atoms with Gasteiger partial charge in [-0.15, -0.1) is 10.2 Å². The predicted octanol–water partition coefficient (Wildman–Crippen LogP) is 5.77. The first-order valence-corrected chi connectivity index (χ1v) is 12.1. The Balaban J connectivity index is 1.73. The molecule has 0 fully saturated rings. The summed E-state index contributed by atoms with van der Waals surface area (Å²) in [7, 11) is 0. The number of imidazole rings is 1. The fraction of sp³-hybridized carbons (Fsp3) is 0.240. The lowest BCUT2D eigenvalue weighted by Gasteiger charge is -2.16. The molecule has 0 bridgehead atoms. The van der Waals surface area contributed by atoms with Gasteiger partial charge in [0, 0.05) is 17.4 Å². The Morgan fingerprint density at radius 2 is 1.95 bits per heavy atom. The standard InChI is InChI=1S/C25H21ClF3N7O2/c1-2-3-11-20-30-22(26)21(24(37)38)35(20)13-14-7-6-10-18-16(14)12-19(25(27,28)29)36(18)17-9-5-4-8-15(17)23-31-33-34-32-23/h4-10,12H,2-3,11,13H2,1H3,(H,37,38)(H,31,32,33,34). The number of nitrogens with zero attached hydrogens (tertiary/aromatic N) is 6. The summed E-state index contributed by atoms with van der Waals surface area (Å²) in [6.07, 6.45) is -2.62. The number of hydrogen-bond donors (Lipinski definition) is 2. The van der Waals surface area contributed by atoms with Gasteiger partial charge in [0.15, 0.2) is 10.8 Å². The van der Waals surface area contributed by atoms with Crippen molar-refractivity contribution in [1.29, 1.82) is 0 Å². The van der Waals surface area contributed by atoms with Crippen LogP contribution in [0.2, 0.25) is 5.15 Å². The number of carboxylic acids is 1. The molecule has 0 radical (unpaired) electrons. The molecule has 0 amide bonds. The van der Waals surface area contributed by atoms with Crippen LogP contribution in [0.1, 0.15) is 47.3 Å². The highest BCUT2D eigenvalue weighted by molar-refractivity contribution is 6.32. The molecule has 0 saturated heterocycles. The Bertz CT molecular complexity index is 1620. The first-order valence-electron chi connectivity index (χ1n) is 11.7. The molecular weight excluding hydrogens is 523 g/mol. The number of aromatic nitrogens is 7. The Morgan fingerprint density at radius 1 is 1.16 bits per heavy atom. The van der Waals surface area contributed by atoms with Crippen LogP contribution in [0, 0.1) is 0 Å². The van der Waals surface area contributed by atoms with Crippen LogP contribution in [0.3, 0.4) is 0 Å². The summed E-state index contributed by atoms with van der Waals surface area (Å²) in [5.41, 5.74) is 0.235. The third-order valence-electron chi connectivity index (χ3n) is 6.25. The first kappa shape index (κ1) is 25.5. The van der Waals surface area contributed by atoms with E-state index in [2.05, 4.69) is 25.6 Å². The molecule has 5 rings (SSSR count). The van der Waals surface area contributed by atoms with Gasteiger partial charge in [-0.25, -0.2) is 9.78 Å². The SMILES string of the molecule is CCCCc1nc(Cl)c(C(=O)O)n1Cc1cccc2c1cc(C(F)(F)F)n2-c1ccccc1-c1nn[nH]n1. The topological polar surface area (TPSA) is 115 Å². The van der Waals surface area contributed by atoms with Crippen LogP contribution in [0.25, 0.3) is 28.0 Å². The maximum absolute atomic E-state index is 14.4. The number of benzene rings is 2. The maximum Gasteiger partial charge on any atom is 0.431 e. The summed E-state index contributed by atoms with van der Waals surface area (Å²) >= 11 is 6.16. The van der Waals surface area contributed by atoms with E-state index in [-0.39, 0.29) is 34.4 Å². The third kappa shape index (κ3) is 4.51. The number of aromatic amines is 1. The zero-order chi connectivity index (χ0) is 27.0. The zero-order valence-corrected chi connectivity index (χ0v) is 20.8. The average Bonchev–Trinajstić information content (AvgIpc) is 3.60. The van der Waals surface area contributed by atoms with Gasteiger partial charge in [-0.3, -0.25) is 0 Å². The van der Waals surface area contributed by atoms with Crippen molar-refractivity contribution in [3.63, 3.8) is 0 Å². The maximum atomic E-state index is 14.4. The molecule has 0 aliphatic carbocycles. The Kier molecular flexibility index (Phi) is 6.66. The number of carbonyl (C=O) groups is 1. The van der Waals surface area contributed by atoms with Gasteiger partial charge in [-0.2, -0.15) is 18.4 Å². The minimum atomic E-state index is -4.70. The lowest BCUT2D eigenvalue weighted by atomic mass is 10.1. The number of fused-ring (bicyclic) bond motifs is 1. The number of para-hydroxylation sites is 1. The molecule has 5 aromatic rings. The van der Waals surface area contributed by atoms with E-state index in [4.69, 9.17) is 11.6 Å². The summed E-state index contributed by atoms with van der Waals surface area (Å²) in [6, 6.07) is 12.4. The van der Waals surface area contributed by atoms with Crippen LogP contribution in [-0.2, 0) is 19.1 Å². The minimum absolute atomic E-state index is 0.0223. The number of alkyl halides is 3. The monoisotopic (exact) mass is 543 g/mol. The largest absolute Gasteiger partial charge is 0.476 e. The van der Waals surface area contributed by atoms with Crippen molar-refractivity contribution in [3.8, 4) is 17.1 Å². The zero-order valence-electron chi connectivity index (χ0n) is 20.0. The number of aromatic carboxylic acids is 1. The number of tetrazole rings is 1. The number of H-pyrrole nitrogens is 1. The van der Waals surface area contributed by atoms with E-state index in [1.54, 1.807) is 42.5 Å². The molecule has 3 heterocycles. The van der Waals surface area contributed by atoms with Crippen molar-refractivity contribution in [2.75, 3.05) is 0 Å². The molecule has 3 aromatic heterocycles. The van der Waals surface area contributed by atoms with Crippen molar-refractivity contribution in [2.24, 2.45) is 0 Å². The van der Waals surface area contributed by atoms with Crippen LogP contribution < -0.4 is 0 Å². The van der Waals surface area contributed by atoms with Crippen LogP contribution >= 0.6 is 11.6 Å². The number of hydrogen-bond acceptors (Lipinski definition) is 5. The predicted molar refractivity (Wildman–Crippen MR) is 133 cm³/mol. The lowest BCUT2D eigenvalue weighted by Crippen LogP contribution is -2.13. The first-order chi connectivity index (χ1) is 18.2. The summed E-state index contributed by atoms with van der Waals surface area (Å²) in [4.78, 5) is 16.2. The molecule has 38 heavy (non-hydrogen) atoms. The molecule has 0 aliphatic heterocycles. The van der Waals surface area contributed by atoms with E-state index >= 15 is 0 Å². The highest BCUT2D eigenvalue weighted by Gasteiger charge is 2.37. The van der Waals surface area contributed by atoms with Gasteiger partial charge in [0.05, 0.1) is 17.7 Å². The van der Waals surface area contributed by atoms with Gasteiger partial charge in [-0.1, -0.05) is 49.2 Å². The molecule has 9 nitrogen and oxygen atoms in total. The summed E-state index contributed by atoms with van der Waals surface area (Å²) in [5, 5.41) is 23.7. The van der Waals surface area contributed by atoms with E-state index < -0.39 is 17.8 Å². The summed E-state index contributed by atoms with van der Waals surface area (Å²) in [6.45, 7) is 1.97. The molecule has 13 heteroatoms. The van der Waals surface area contributed by atoms with E-state index in [9.17, 15) is 23.1 Å². The minimum Gasteiger partial charge on any atom is -0.476 e. The quantitative estimate of drug-likeness (QED) is 0.257. The summed E-state index contributed by atoms with van der Waals surface area (Å²) in [5.74, 6) is -0.657. The van der Waals surface area contributed by atoms with Gasteiger partial charge in [0.2, 0.25) is 5.82 Å². The van der Waals surface area contributed by atoms with E-state index in [1.165, 1.54) is 4.57 Å². The van der Waals surface area contributed by atoms with Gasteiger partial charge in [0.25, 0.3) is 0 Å². The highest BCUT2D eigenvalue weighted by Crippen LogP contribution is 2.39. The van der Waals surface area contributed by atoms with Crippen molar-refractivity contribution in [2.45, 2.75) is 38.9 Å². The fourth-order valence-electron chi connectivity index (χ4n) is 4.57. The van der Waals surface area contributed by atoms with E-state index in [0.29, 0.717) is 28.8 Å². The molecule has 196 valence electrons. The van der Waals surface area contributed by atoms with Gasteiger partial charge >= 0.3 is 12.1 Å². The van der Waals surface area contributed by atoms with Crippen molar-refractivity contribution >= 4 is 28.5 Å². The second-order valence-corrected chi connectivity index (χ2v) is 8.99. The van der Waals surface area contributed by atoms with Crippen molar-refractivity contribution < 1.29 is 23.1 Å². The molecule has 0 aliphatic rings. The number of carboxylic acid groups (broad SMARTS) is 1. The molecule has 0 atom stereocenters. The number of rotatable bonds is 8. The van der Waals surface area contributed by atoms with E-state index in [1.807, 2.05) is 6.92 Å². The summed E-state index contributed by atoms with van der Waals surface area (Å²) < 4.78 is 45.8.